The monoisotopic (exact) mass is 412 g/mol. The van der Waals surface area contributed by atoms with Crippen molar-refractivity contribution in [2.45, 2.75) is 11.8 Å². The molecule has 7 heteroatoms. The second-order valence-electron chi connectivity index (χ2n) is 6.51. The summed E-state index contributed by atoms with van der Waals surface area (Å²) in [4.78, 5) is 14.5. The lowest BCUT2D eigenvalue weighted by molar-refractivity contribution is 0.0987. The number of hydrogen-bond acceptors (Lipinski definition) is 3. The van der Waals surface area contributed by atoms with E-state index >= 15 is 0 Å². The third-order valence-corrected chi connectivity index (χ3v) is 5.84. The van der Waals surface area contributed by atoms with E-state index in [-0.39, 0.29) is 23.9 Å². The van der Waals surface area contributed by atoms with Gasteiger partial charge in [0.05, 0.1) is 4.90 Å². The number of nitrogens with zero attached hydrogens (tertiary/aromatic N) is 1. The van der Waals surface area contributed by atoms with Gasteiger partial charge < -0.3 is 4.90 Å². The minimum atomic E-state index is -3.81. The van der Waals surface area contributed by atoms with Crippen LogP contribution in [0.4, 0.5) is 10.1 Å². The molecule has 0 aliphatic heterocycles. The van der Waals surface area contributed by atoms with Gasteiger partial charge in [0.2, 0.25) is 10.0 Å². The van der Waals surface area contributed by atoms with Crippen molar-refractivity contribution in [3.05, 3.63) is 95.8 Å². The van der Waals surface area contributed by atoms with Crippen LogP contribution in [0.25, 0.3) is 0 Å². The Morgan fingerprint density at radius 2 is 1.55 bits per heavy atom. The van der Waals surface area contributed by atoms with Crippen LogP contribution in [0.3, 0.4) is 0 Å². The summed E-state index contributed by atoms with van der Waals surface area (Å²) >= 11 is 0. The molecule has 3 rings (SSSR count). The van der Waals surface area contributed by atoms with Gasteiger partial charge in [-0.15, -0.1) is 0 Å². The molecule has 0 saturated heterocycles. The predicted molar refractivity (Wildman–Crippen MR) is 111 cm³/mol. The molecule has 0 fully saturated rings. The summed E-state index contributed by atoms with van der Waals surface area (Å²) in [7, 11) is -3.81. The molecule has 0 saturated carbocycles. The Morgan fingerprint density at radius 1 is 0.931 bits per heavy atom. The van der Waals surface area contributed by atoms with E-state index in [0.717, 1.165) is 17.7 Å². The molecule has 1 amide bonds. The number of hydrogen-bond donors (Lipinski definition) is 1. The lowest BCUT2D eigenvalue weighted by atomic mass is 10.1. The third kappa shape index (κ3) is 5.28. The van der Waals surface area contributed by atoms with E-state index in [1.807, 2.05) is 37.3 Å². The van der Waals surface area contributed by atoms with Crippen LogP contribution in [0.2, 0.25) is 0 Å². The number of carbonyl (C=O) groups is 1. The van der Waals surface area contributed by atoms with Crippen LogP contribution in [-0.2, 0) is 10.0 Å². The Morgan fingerprint density at radius 3 is 2.17 bits per heavy atom. The van der Waals surface area contributed by atoms with Crippen LogP contribution in [0.15, 0.2) is 83.8 Å². The fourth-order valence-electron chi connectivity index (χ4n) is 2.80. The maximum atomic E-state index is 13.0. The molecule has 3 aromatic rings. The van der Waals surface area contributed by atoms with E-state index in [4.69, 9.17) is 0 Å². The number of nitrogens with one attached hydrogen (secondary N) is 1. The SMILES string of the molecule is Cc1ccc(C(=O)N(CCNS(=O)(=O)c2ccc(F)cc2)c2ccccc2)cc1. The van der Waals surface area contributed by atoms with E-state index in [1.165, 1.54) is 17.0 Å². The first-order valence-electron chi connectivity index (χ1n) is 9.06. The lowest BCUT2D eigenvalue weighted by Crippen LogP contribution is -2.38. The molecule has 0 unspecified atom stereocenters. The number of rotatable bonds is 7. The van der Waals surface area contributed by atoms with Crippen LogP contribution < -0.4 is 9.62 Å². The molecular weight excluding hydrogens is 391 g/mol. The highest BCUT2D eigenvalue weighted by Gasteiger charge is 2.19. The quantitative estimate of drug-likeness (QED) is 0.643. The normalized spacial score (nSPS) is 11.2. The van der Waals surface area contributed by atoms with E-state index in [1.54, 1.807) is 24.3 Å². The summed E-state index contributed by atoms with van der Waals surface area (Å²) in [6.45, 7) is 2.08. The second-order valence-corrected chi connectivity index (χ2v) is 8.28. The van der Waals surface area contributed by atoms with E-state index in [9.17, 15) is 17.6 Å². The highest BCUT2D eigenvalue weighted by atomic mass is 32.2. The molecule has 0 bridgehead atoms. The fourth-order valence-corrected chi connectivity index (χ4v) is 3.82. The lowest BCUT2D eigenvalue weighted by Gasteiger charge is -2.23. The average molecular weight is 412 g/mol. The summed E-state index contributed by atoms with van der Waals surface area (Å²) < 4.78 is 40.3. The number of amides is 1. The average Bonchev–Trinajstić information content (AvgIpc) is 2.72. The second kappa shape index (κ2) is 8.98. The largest absolute Gasteiger partial charge is 0.307 e. The van der Waals surface area contributed by atoms with Crippen molar-refractivity contribution in [2.75, 3.05) is 18.0 Å². The topological polar surface area (TPSA) is 66.5 Å². The predicted octanol–water partition coefficient (Wildman–Crippen LogP) is 3.76. The molecule has 3 aromatic carbocycles. The molecule has 5 nitrogen and oxygen atoms in total. The number of sulfonamides is 1. The van der Waals surface area contributed by atoms with E-state index in [0.29, 0.717) is 11.3 Å². The molecular formula is C22H21FN2O3S. The van der Waals surface area contributed by atoms with Gasteiger partial charge in [-0.1, -0.05) is 35.9 Å². The Kier molecular flexibility index (Phi) is 6.41. The number of aryl methyl sites for hydroxylation is 1. The Bertz CT molecular complexity index is 1070. The molecule has 0 aliphatic carbocycles. The van der Waals surface area contributed by atoms with Crippen molar-refractivity contribution < 1.29 is 17.6 Å². The number of benzene rings is 3. The maximum absolute atomic E-state index is 13.0. The first-order chi connectivity index (χ1) is 13.9. The van der Waals surface area contributed by atoms with Gasteiger partial charge in [0.25, 0.3) is 5.91 Å². The molecule has 0 atom stereocenters. The van der Waals surface area contributed by atoms with Crippen LogP contribution in [0, 0.1) is 12.7 Å². The van der Waals surface area contributed by atoms with Crippen LogP contribution in [0.1, 0.15) is 15.9 Å². The molecule has 150 valence electrons. The minimum Gasteiger partial charge on any atom is -0.307 e. The van der Waals surface area contributed by atoms with Crippen molar-refractivity contribution in [2.24, 2.45) is 0 Å². The zero-order chi connectivity index (χ0) is 20.9. The van der Waals surface area contributed by atoms with Gasteiger partial charge in [-0.05, 0) is 55.5 Å². The van der Waals surface area contributed by atoms with Gasteiger partial charge in [0.15, 0.2) is 0 Å². The van der Waals surface area contributed by atoms with Gasteiger partial charge in [-0.2, -0.15) is 0 Å². The summed E-state index contributed by atoms with van der Waals surface area (Å²) in [6.07, 6.45) is 0. The Hall–Kier alpha value is -3.03. The van der Waals surface area contributed by atoms with Gasteiger partial charge >= 0.3 is 0 Å². The van der Waals surface area contributed by atoms with Crippen LogP contribution in [-0.4, -0.2) is 27.4 Å². The molecule has 29 heavy (non-hydrogen) atoms. The summed E-state index contributed by atoms with van der Waals surface area (Å²) in [5.74, 6) is -0.736. The first kappa shape index (κ1) is 20.7. The standard InChI is InChI=1S/C22H21FN2O3S/c1-17-7-9-18(10-8-17)22(26)25(20-5-3-2-4-6-20)16-15-24-29(27,28)21-13-11-19(23)12-14-21/h2-14,24H,15-16H2,1H3. The summed E-state index contributed by atoms with van der Waals surface area (Å²) in [5.41, 5.74) is 2.22. The summed E-state index contributed by atoms with van der Waals surface area (Å²) in [5, 5.41) is 0. The van der Waals surface area contributed by atoms with Gasteiger partial charge in [0.1, 0.15) is 5.82 Å². The van der Waals surface area contributed by atoms with E-state index < -0.39 is 15.8 Å². The maximum Gasteiger partial charge on any atom is 0.258 e. The zero-order valence-corrected chi connectivity index (χ0v) is 16.7. The fraction of sp³-hybridized carbons (Fsp3) is 0.136. The number of para-hydroxylation sites is 1. The molecule has 1 N–H and O–H groups in total. The number of anilines is 1. The van der Waals surface area contributed by atoms with Crippen LogP contribution >= 0.6 is 0 Å². The smallest absolute Gasteiger partial charge is 0.258 e. The zero-order valence-electron chi connectivity index (χ0n) is 15.9. The molecule has 0 spiro atoms. The minimum absolute atomic E-state index is 0.00616. The van der Waals surface area contributed by atoms with Gasteiger partial charge in [-0.25, -0.2) is 17.5 Å². The number of carbonyl (C=O) groups excluding carboxylic acids is 1. The van der Waals surface area contributed by atoms with Crippen molar-refractivity contribution in [1.29, 1.82) is 0 Å². The van der Waals surface area contributed by atoms with Crippen LogP contribution in [0.5, 0.6) is 0 Å². The molecule has 0 radical (unpaired) electrons. The molecule has 0 heterocycles. The number of halogens is 1. The first-order valence-corrected chi connectivity index (χ1v) is 10.5. The Balaban J connectivity index is 1.76. The van der Waals surface area contributed by atoms with Crippen molar-refractivity contribution >= 4 is 21.6 Å². The third-order valence-electron chi connectivity index (χ3n) is 4.36. The molecule has 0 aromatic heterocycles. The highest BCUT2D eigenvalue weighted by Crippen LogP contribution is 2.17. The summed E-state index contributed by atoms with van der Waals surface area (Å²) in [6, 6.07) is 20.8. The van der Waals surface area contributed by atoms with Gasteiger partial charge in [0, 0.05) is 24.3 Å². The molecule has 0 aliphatic rings. The van der Waals surface area contributed by atoms with Crippen molar-refractivity contribution in [3.63, 3.8) is 0 Å². The van der Waals surface area contributed by atoms with Crippen molar-refractivity contribution in [3.8, 4) is 0 Å². The van der Waals surface area contributed by atoms with Crippen molar-refractivity contribution in [1.82, 2.24) is 4.72 Å². The highest BCUT2D eigenvalue weighted by molar-refractivity contribution is 7.89. The van der Waals surface area contributed by atoms with Gasteiger partial charge in [-0.3, -0.25) is 4.79 Å². The Labute approximate surface area is 169 Å². The van der Waals surface area contributed by atoms with E-state index in [2.05, 4.69) is 4.72 Å².